The normalized spacial score (nSPS) is 27.5. The summed E-state index contributed by atoms with van der Waals surface area (Å²) in [4.78, 5) is 2.22. The van der Waals surface area contributed by atoms with Gasteiger partial charge in [-0.1, -0.05) is 0 Å². The molecule has 0 bridgehead atoms. The van der Waals surface area contributed by atoms with E-state index in [0.717, 1.165) is 6.54 Å². The van der Waals surface area contributed by atoms with Gasteiger partial charge >= 0.3 is 0 Å². The van der Waals surface area contributed by atoms with Crippen molar-refractivity contribution in [3.05, 3.63) is 0 Å². The van der Waals surface area contributed by atoms with Crippen molar-refractivity contribution in [2.45, 2.75) is 25.9 Å². The molecule has 1 N–H and O–H groups in total. The van der Waals surface area contributed by atoms with Crippen molar-refractivity contribution < 1.29 is 0 Å². The molecule has 1 fully saturated rings. The van der Waals surface area contributed by atoms with Crippen molar-refractivity contribution in [3.8, 4) is 0 Å². The van der Waals surface area contributed by atoms with Crippen LogP contribution in [0.3, 0.4) is 0 Å². The molecule has 3 nitrogen and oxygen atoms in total. The molecule has 1 unspecified atom stereocenters. The van der Waals surface area contributed by atoms with Gasteiger partial charge in [0.05, 0.1) is 5.66 Å². The Morgan fingerprint density at radius 2 is 1.91 bits per heavy atom. The van der Waals surface area contributed by atoms with Crippen LogP contribution in [0.1, 0.15) is 20.3 Å². The van der Waals surface area contributed by atoms with Crippen molar-refractivity contribution in [2.75, 3.05) is 27.2 Å². The fraction of sp³-hybridized carbons (Fsp3) is 1.00. The first-order valence-corrected chi connectivity index (χ1v) is 4.22. The standard InChI is InChI=1S/C8H19N3/c1-8(2)9-11(8)7-5-6-10(3)4/h9H,5-7H2,1-4H3. The van der Waals surface area contributed by atoms with Gasteiger partial charge in [0.2, 0.25) is 0 Å². The third-order valence-corrected chi connectivity index (χ3v) is 2.02. The largest absolute Gasteiger partial charge is 0.309 e. The average molecular weight is 157 g/mol. The quantitative estimate of drug-likeness (QED) is 0.602. The molecule has 66 valence electrons. The van der Waals surface area contributed by atoms with E-state index in [4.69, 9.17) is 0 Å². The molecule has 0 saturated carbocycles. The summed E-state index contributed by atoms with van der Waals surface area (Å²) in [5, 5.41) is 2.27. The fourth-order valence-electron chi connectivity index (χ4n) is 1.19. The molecule has 0 aliphatic carbocycles. The molecular formula is C8H19N3. The van der Waals surface area contributed by atoms with Gasteiger partial charge in [-0.05, 0) is 40.9 Å². The van der Waals surface area contributed by atoms with Gasteiger partial charge in [-0.25, -0.2) is 10.4 Å². The van der Waals surface area contributed by atoms with Crippen LogP contribution >= 0.6 is 0 Å². The number of hydrogen-bond donors (Lipinski definition) is 1. The molecule has 1 saturated heterocycles. The molecule has 0 radical (unpaired) electrons. The van der Waals surface area contributed by atoms with Gasteiger partial charge in [-0.3, -0.25) is 0 Å². The molecule has 0 spiro atoms. The summed E-state index contributed by atoms with van der Waals surface area (Å²) in [7, 11) is 4.22. The smallest absolute Gasteiger partial charge is 0.0918 e. The van der Waals surface area contributed by atoms with E-state index in [9.17, 15) is 0 Å². The zero-order valence-corrected chi connectivity index (χ0v) is 8.02. The van der Waals surface area contributed by atoms with Crippen LogP contribution in [0.2, 0.25) is 0 Å². The predicted molar refractivity (Wildman–Crippen MR) is 47.1 cm³/mol. The van der Waals surface area contributed by atoms with Gasteiger partial charge < -0.3 is 4.90 Å². The van der Waals surface area contributed by atoms with E-state index in [0.29, 0.717) is 0 Å². The molecule has 0 aromatic heterocycles. The van der Waals surface area contributed by atoms with Crippen molar-refractivity contribution in [3.63, 3.8) is 0 Å². The molecule has 1 heterocycles. The van der Waals surface area contributed by atoms with Gasteiger partial charge in [0.25, 0.3) is 0 Å². The second-order valence-corrected chi connectivity index (χ2v) is 3.98. The molecule has 0 aromatic carbocycles. The Morgan fingerprint density at radius 1 is 1.36 bits per heavy atom. The first kappa shape index (κ1) is 8.97. The SMILES string of the molecule is CN(C)CCCN1NC1(C)C. The minimum absolute atomic E-state index is 0.270. The maximum Gasteiger partial charge on any atom is 0.0918 e. The van der Waals surface area contributed by atoms with Crippen LogP contribution in [0, 0.1) is 0 Å². The van der Waals surface area contributed by atoms with E-state index in [1.54, 1.807) is 0 Å². The van der Waals surface area contributed by atoms with Gasteiger partial charge in [-0.2, -0.15) is 0 Å². The van der Waals surface area contributed by atoms with Crippen molar-refractivity contribution in [1.82, 2.24) is 15.3 Å². The Morgan fingerprint density at radius 3 is 2.27 bits per heavy atom. The zero-order chi connectivity index (χ0) is 8.48. The second-order valence-electron chi connectivity index (χ2n) is 3.98. The topological polar surface area (TPSA) is 28.2 Å². The number of nitrogens with zero attached hydrogens (tertiary/aromatic N) is 2. The lowest BCUT2D eigenvalue weighted by molar-refractivity contribution is 0.353. The zero-order valence-electron chi connectivity index (χ0n) is 8.02. The van der Waals surface area contributed by atoms with E-state index in [1.165, 1.54) is 13.0 Å². The molecule has 3 heteroatoms. The van der Waals surface area contributed by atoms with Crippen LogP contribution in [0.4, 0.5) is 0 Å². The third kappa shape index (κ3) is 2.77. The van der Waals surface area contributed by atoms with E-state index in [1.807, 2.05) is 0 Å². The van der Waals surface area contributed by atoms with Crippen LogP contribution in [-0.2, 0) is 0 Å². The summed E-state index contributed by atoms with van der Waals surface area (Å²) in [6.07, 6.45) is 1.24. The van der Waals surface area contributed by atoms with Crippen LogP contribution in [0.5, 0.6) is 0 Å². The minimum atomic E-state index is 0.270. The fourth-order valence-corrected chi connectivity index (χ4v) is 1.19. The van der Waals surface area contributed by atoms with Gasteiger partial charge in [-0.15, -0.1) is 0 Å². The van der Waals surface area contributed by atoms with Crippen LogP contribution < -0.4 is 5.43 Å². The molecule has 1 aliphatic heterocycles. The Bertz CT molecular complexity index is 131. The molecular weight excluding hydrogens is 138 g/mol. The van der Waals surface area contributed by atoms with Gasteiger partial charge in [0, 0.05) is 6.54 Å². The maximum atomic E-state index is 3.30. The summed E-state index contributed by atoms with van der Waals surface area (Å²) in [6.45, 7) is 6.73. The predicted octanol–water partition coefficient (Wildman–Crippen LogP) is 0.494. The van der Waals surface area contributed by atoms with Crippen molar-refractivity contribution in [2.24, 2.45) is 0 Å². The average Bonchev–Trinajstić information content (AvgIpc) is 2.39. The summed E-state index contributed by atoms with van der Waals surface area (Å²) >= 11 is 0. The lowest BCUT2D eigenvalue weighted by Crippen LogP contribution is -2.18. The van der Waals surface area contributed by atoms with E-state index in [2.05, 4.69) is 43.3 Å². The summed E-state index contributed by atoms with van der Waals surface area (Å²) < 4.78 is 0. The van der Waals surface area contributed by atoms with E-state index >= 15 is 0 Å². The van der Waals surface area contributed by atoms with Crippen molar-refractivity contribution in [1.29, 1.82) is 0 Å². The molecule has 0 aromatic rings. The number of hydrogen-bond acceptors (Lipinski definition) is 3. The van der Waals surface area contributed by atoms with Gasteiger partial charge in [0.15, 0.2) is 0 Å². The number of nitrogens with one attached hydrogen (secondary N) is 1. The van der Waals surface area contributed by atoms with Crippen LogP contribution in [-0.4, -0.2) is 42.8 Å². The lowest BCUT2D eigenvalue weighted by atomic mass is 10.3. The highest BCUT2D eigenvalue weighted by molar-refractivity contribution is 4.88. The van der Waals surface area contributed by atoms with Crippen molar-refractivity contribution >= 4 is 0 Å². The Balaban J connectivity index is 1.98. The summed E-state index contributed by atoms with van der Waals surface area (Å²) in [5.74, 6) is 0. The summed E-state index contributed by atoms with van der Waals surface area (Å²) in [6, 6.07) is 0. The first-order chi connectivity index (χ1) is 5.02. The Hall–Kier alpha value is -0.120. The lowest BCUT2D eigenvalue weighted by Gasteiger charge is -2.09. The second kappa shape index (κ2) is 3.09. The molecule has 1 atom stereocenters. The third-order valence-electron chi connectivity index (χ3n) is 2.02. The molecule has 1 rings (SSSR count). The van der Waals surface area contributed by atoms with Gasteiger partial charge in [0.1, 0.15) is 0 Å². The van der Waals surface area contributed by atoms with Crippen LogP contribution in [0.25, 0.3) is 0 Å². The highest BCUT2D eigenvalue weighted by Crippen LogP contribution is 2.22. The molecule has 1 aliphatic rings. The van der Waals surface area contributed by atoms with E-state index in [-0.39, 0.29) is 5.66 Å². The van der Waals surface area contributed by atoms with E-state index < -0.39 is 0 Å². The number of rotatable bonds is 4. The highest BCUT2D eigenvalue weighted by Gasteiger charge is 2.41. The first-order valence-electron chi connectivity index (χ1n) is 4.22. The maximum absolute atomic E-state index is 3.30. The highest BCUT2D eigenvalue weighted by atomic mass is 15.8. The monoisotopic (exact) mass is 157 g/mol. The van der Waals surface area contributed by atoms with Crippen LogP contribution in [0.15, 0.2) is 0 Å². The Kier molecular flexibility index (Phi) is 2.52. The summed E-state index contributed by atoms with van der Waals surface area (Å²) in [5.41, 5.74) is 3.57. The minimum Gasteiger partial charge on any atom is -0.309 e. The molecule has 11 heavy (non-hydrogen) atoms. The molecule has 0 amide bonds. The number of hydrazine groups is 1. The Labute approximate surface area is 69.3 Å².